The molecule has 0 atom stereocenters. The minimum atomic E-state index is -0.0785. The first-order chi connectivity index (χ1) is 8.09. The molecule has 1 aromatic heterocycles. The van der Waals surface area contributed by atoms with Crippen molar-refractivity contribution in [1.29, 1.82) is 0 Å². The van der Waals surface area contributed by atoms with Gasteiger partial charge >= 0.3 is 0 Å². The predicted octanol–water partition coefficient (Wildman–Crippen LogP) is 2.32. The molecule has 0 spiro atoms. The first-order valence-electron chi connectivity index (χ1n) is 6.17. The highest BCUT2D eigenvalue weighted by atomic mass is 16.5. The van der Waals surface area contributed by atoms with Crippen molar-refractivity contribution in [2.24, 2.45) is 5.41 Å². The van der Waals surface area contributed by atoms with E-state index in [1.807, 2.05) is 0 Å². The van der Waals surface area contributed by atoms with Crippen LogP contribution in [0.1, 0.15) is 45.2 Å². The SMILES string of the molecule is CC1(C)CCC(Oc2cnc(CO)cn2)CC1. The van der Waals surface area contributed by atoms with E-state index in [0.717, 1.165) is 12.8 Å². The number of aliphatic hydroxyl groups is 1. The van der Waals surface area contributed by atoms with Gasteiger partial charge in [-0.15, -0.1) is 0 Å². The molecule has 2 rings (SSSR count). The summed E-state index contributed by atoms with van der Waals surface area (Å²) in [7, 11) is 0. The Hall–Kier alpha value is -1.16. The van der Waals surface area contributed by atoms with E-state index in [4.69, 9.17) is 9.84 Å². The molecule has 1 aliphatic carbocycles. The molecule has 1 heterocycles. The summed E-state index contributed by atoms with van der Waals surface area (Å²) in [5.74, 6) is 0.562. The molecule has 94 valence electrons. The van der Waals surface area contributed by atoms with Crippen LogP contribution in [0.2, 0.25) is 0 Å². The molecule has 1 aliphatic rings. The van der Waals surface area contributed by atoms with Crippen molar-refractivity contribution in [1.82, 2.24) is 9.97 Å². The lowest BCUT2D eigenvalue weighted by molar-refractivity contribution is 0.0944. The number of nitrogens with zero attached hydrogens (tertiary/aromatic N) is 2. The molecular weight excluding hydrogens is 216 g/mol. The molecule has 0 aromatic carbocycles. The van der Waals surface area contributed by atoms with Gasteiger partial charge < -0.3 is 9.84 Å². The Kier molecular flexibility index (Phi) is 3.62. The summed E-state index contributed by atoms with van der Waals surface area (Å²) in [6.07, 6.45) is 7.96. The topological polar surface area (TPSA) is 55.2 Å². The summed E-state index contributed by atoms with van der Waals surface area (Å²) in [6.45, 7) is 4.53. The zero-order valence-corrected chi connectivity index (χ0v) is 10.5. The molecule has 1 saturated carbocycles. The highest BCUT2D eigenvalue weighted by Gasteiger charge is 2.27. The highest BCUT2D eigenvalue weighted by Crippen LogP contribution is 2.36. The molecule has 0 bridgehead atoms. The number of rotatable bonds is 3. The Morgan fingerprint density at radius 3 is 2.53 bits per heavy atom. The van der Waals surface area contributed by atoms with Crippen molar-refractivity contribution in [3.05, 3.63) is 18.1 Å². The predicted molar refractivity (Wildman–Crippen MR) is 64.6 cm³/mol. The Morgan fingerprint density at radius 1 is 1.29 bits per heavy atom. The molecule has 0 aliphatic heterocycles. The van der Waals surface area contributed by atoms with Crippen LogP contribution in [0, 0.1) is 5.41 Å². The fourth-order valence-electron chi connectivity index (χ4n) is 2.15. The standard InChI is InChI=1S/C13H20N2O2/c1-13(2)5-3-11(4-6-13)17-12-8-14-10(9-16)7-15-12/h7-8,11,16H,3-6,9H2,1-2H3. The molecule has 1 aromatic rings. The third-order valence-corrected chi connectivity index (χ3v) is 3.42. The van der Waals surface area contributed by atoms with E-state index in [-0.39, 0.29) is 12.7 Å². The number of ether oxygens (including phenoxy) is 1. The minimum Gasteiger partial charge on any atom is -0.473 e. The first kappa shape index (κ1) is 12.3. The Bertz CT molecular complexity index is 352. The molecule has 0 radical (unpaired) electrons. The summed E-state index contributed by atoms with van der Waals surface area (Å²) >= 11 is 0. The maximum absolute atomic E-state index is 8.86. The van der Waals surface area contributed by atoms with Crippen LogP contribution in [0.15, 0.2) is 12.4 Å². The lowest BCUT2D eigenvalue weighted by Gasteiger charge is -2.33. The van der Waals surface area contributed by atoms with Gasteiger partial charge in [-0.3, -0.25) is 4.98 Å². The molecule has 0 unspecified atom stereocenters. The van der Waals surface area contributed by atoms with Crippen molar-refractivity contribution in [2.75, 3.05) is 0 Å². The van der Waals surface area contributed by atoms with Gasteiger partial charge in [-0.1, -0.05) is 13.8 Å². The van der Waals surface area contributed by atoms with Crippen LogP contribution >= 0.6 is 0 Å². The Labute approximate surface area is 102 Å². The third kappa shape index (κ3) is 3.40. The molecular formula is C13H20N2O2. The van der Waals surface area contributed by atoms with Gasteiger partial charge in [-0.05, 0) is 31.1 Å². The molecule has 4 heteroatoms. The van der Waals surface area contributed by atoms with Crippen LogP contribution in [-0.4, -0.2) is 21.2 Å². The molecule has 1 fully saturated rings. The van der Waals surface area contributed by atoms with Gasteiger partial charge in [0, 0.05) is 0 Å². The van der Waals surface area contributed by atoms with Gasteiger partial charge in [0.1, 0.15) is 6.10 Å². The van der Waals surface area contributed by atoms with E-state index < -0.39 is 0 Å². The second-order valence-electron chi connectivity index (χ2n) is 5.49. The first-order valence-corrected chi connectivity index (χ1v) is 6.17. The minimum absolute atomic E-state index is 0.0785. The third-order valence-electron chi connectivity index (χ3n) is 3.42. The highest BCUT2D eigenvalue weighted by molar-refractivity contribution is 5.07. The van der Waals surface area contributed by atoms with E-state index in [1.54, 1.807) is 12.4 Å². The van der Waals surface area contributed by atoms with E-state index in [1.165, 1.54) is 12.8 Å². The Balaban J connectivity index is 1.89. The van der Waals surface area contributed by atoms with E-state index in [0.29, 0.717) is 17.0 Å². The van der Waals surface area contributed by atoms with Crippen LogP contribution in [0.3, 0.4) is 0 Å². The smallest absolute Gasteiger partial charge is 0.232 e. The van der Waals surface area contributed by atoms with Crippen LogP contribution in [-0.2, 0) is 6.61 Å². The zero-order chi connectivity index (χ0) is 12.3. The van der Waals surface area contributed by atoms with Crippen LogP contribution in [0.5, 0.6) is 5.88 Å². The molecule has 0 amide bonds. The lowest BCUT2D eigenvalue weighted by atomic mass is 9.76. The largest absolute Gasteiger partial charge is 0.473 e. The van der Waals surface area contributed by atoms with Crippen molar-refractivity contribution in [3.63, 3.8) is 0 Å². The van der Waals surface area contributed by atoms with E-state index >= 15 is 0 Å². The van der Waals surface area contributed by atoms with Crippen LogP contribution < -0.4 is 4.74 Å². The number of hydrogen-bond acceptors (Lipinski definition) is 4. The summed E-state index contributed by atoms with van der Waals surface area (Å²) in [5, 5.41) is 8.86. The lowest BCUT2D eigenvalue weighted by Crippen LogP contribution is -2.28. The zero-order valence-electron chi connectivity index (χ0n) is 10.5. The maximum Gasteiger partial charge on any atom is 0.232 e. The second-order valence-corrected chi connectivity index (χ2v) is 5.49. The second kappa shape index (κ2) is 5.00. The maximum atomic E-state index is 8.86. The van der Waals surface area contributed by atoms with Crippen molar-refractivity contribution in [3.8, 4) is 5.88 Å². The van der Waals surface area contributed by atoms with Crippen molar-refractivity contribution < 1.29 is 9.84 Å². The number of aliphatic hydroxyl groups excluding tert-OH is 1. The van der Waals surface area contributed by atoms with Gasteiger partial charge in [0.2, 0.25) is 5.88 Å². The normalized spacial score (nSPS) is 20.2. The van der Waals surface area contributed by atoms with Gasteiger partial charge in [0.15, 0.2) is 0 Å². The van der Waals surface area contributed by atoms with Crippen molar-refractivity contribution >= 4 is 0 Å². The summed E-state index contributed by atoms with van der Waals surface area (Å²) < 4.78 is 5.79. The fraction of sp³-hybridized carbons (Fsp3) is 0.692. The van der Waals surface area contributed by atoms with Gasteiger partial charge in [-0.25, -0.2) is 4.98 Å². The summed E-state index contributed by atoms with van der Waals surface area (Å²) in [6, 6.07) is 0. The van der Waals surface area contributed by atoms with Gasteiger partial charge in [-0.2, -0.15) is 0 Å². The van der Waals surface area contributed by atoms with Crippen LogP contribution in [0.25, 0.3) is 0 Å². The average molecular weight is 236 g/mol. The summed E-state index contributed by atoms with van der Waals surface area (Å²) in [4.78, 5) is 8.19. The fourth-order valence-corrected chi connectivity index (χ4v) is 2.15. The summed E-state index contributed by atoms with van der Waals surface area (Å²) in [5.41, 5.74) is 1.02. The van der Waals surface area contributed by atoms with Crippen molar-refractivity contribution in [2.45, 2.75) is 52.2 Å². The number of aromatic nitrogens is 2. The van der Waals surface area contributed by atoms with E-state index in [9.17, 15) is 0 Å². The van der Waals surface area contributed by atoms with Gasteiger partial charge in [0.05, 0.1) is 24.7 Å². The molecule has 1 N–H and O–H groups in total. The molecule has 4 nitrogen and oxygen atoms in total. The molecule has 0 saturated heterocycles. The number of hydrogen-bond donors (Lipinski definition) is 1. The molecule has 17 heavy (non-hydrogen) atoms. The average Bonchev–Trinajstić information content (AvgIpc) is 2.33. The monoisotopic (exact) mass is 236 g/mol. The quantitative estimate of drug-likeness (QED) is 0.875. The Morgan fingerprint density at radius 2 is 2.00 bits per heavy atom. The van der Waals surface area contributed by atoms with Gasteiger partial charge in [0.25, 0.3) is 0 Å². The van der Waals surface area contributed by atoms with E-state index in [2.05, 4.69) is 23.8 Å². The van der Waals surface area contributed by atoms with Crippen LogP contribution in [0.4, 0.5) is 0 Å².